The number of morpholine rings is 1. The molecule has 2 aromatic carbocycles. The predicted molar refractivity (Wildman–Crippen MR) is 126 cm³/mol. The molecule has 32 heavy (non-hydrogen) atoms. The number of halogens is 1. The quantitative estimate of drug-likeness (QED) is 0.614. The van der Waals surface area contributed by atoms with Crippen LogP contribution < -0.4 is 5.32 Å². The van der Waals surface area contributed by atoms with Gasteiger partial charge < -0.3 is 19.5 Å². The summed E-state index contributed by atoms with van der Waals surface area (Å²) in [6, 6.07) is 15.4. The lowest BCUT2D eigenvalue weighted by Crippen LogP contribution is -2.45. The van der Waals surface area contributed by atoms with Crippen molar-refractivity contribution in [2.45, 2.75) is 25.4 Å². The molecule has 0 bridgehead atoms. The fraction of sp³-hybridized carbons (Fsp3) is 0.480. The third kappa shape index (κ3) is 5.11. The second-order valence-electron chi connectivity index (χ2n) is 8.85. The number of likely N-dealkylation sites (tertiary alicyclic amines) is 1. The van der Waals surface area contributed by atoms with E-state index in [4.69, 9.17) is 9.72 Å². The van der Waals surface area contributed by atoms with E-state index in [1.165, 1.54) is 12.1 Å². The monoisotopic (exact) mass is 437 g/mol. The van der Waals surface area contributed by atoms with Crippen molar-refractivity contribution >= 4 is 17.0 Å². The lowest BCUT2D eigenvalue weighted by atomic mass is 10.1. The van der Waals surface area contributed by atoms with Crippen LogP contribution in [0.25, 0.3) is 11.0 Å². The molecule has 3 heterocycles. The van der Waals surface area contributed by atoms with E-state index in [1.807, 2.05) is 24.3 Å². The first-order valence-electron chi connectivity index (χ1n) is 11.7. The van der Waals surface area contributed by atoms with Gasteiger partial charge in [0, 0.05) is 45.3 Å². The van der Waals surface area contributed by atoms with Crippen LogP contribution in [0.3, 0.4) is 0 Å². The Hall–Kier alpha value is -2.48. The Morgan fingerprint density at radius 1 is 0.906 bits per heavy atom. The molecule has 0 aliphatic carbocycles. The molecule has 0 radical (unpaired) electrons. The SMILES string of the molecule is Fc1ccc(Cn2c(NC3CCN(CCN4CCOCC4)CC3)nc3ccccc32)cc1. The van der Waals surface area contributed by atoms with Gasteiger partial charge in [0.2, 0.25) is 5.95 Å². The summed E-state index contributed by atoms with van der Waals surface area (Å²) >= 11 is 0. The third-order valence-electron chi connectivity index (χ3n) is 6.67. The van der Waals surface area contributed by atoms with Gasteiger partial charge in [-0.15, -0.1) is 0 Å². The van der Waals surface area contributed by atoms with Crippen LogP contribution in [0.4, 0.5) is 10.3 Å². The van der Waals surface area contributed by atoms with Gasteiger partial charge in [0.15, 0.2) is 0 Å². The fourth-order valence-corrected chi connectivity index (χ4v) is 4.71. The van der Waals surface area contributed by atoms with E-state index in [9.17, 15) is 4.39 Å². The van der Waals surface area contributed by atoms with Crippen LogP contribution >= 0.6 is 0 Å². The molecule has 170 valence electrons. The van der Waals surface area contributed by atoms with Crippen molar-refractivity contribution in [2.24, 2.45) is 0 Å². The molecule has 6 nitrogen and oxygen atoms in total. The molecule has 2 saturated heterocycles. The van der Waals surface area contributed by atoms with E-state index in [0.29, 0.717) is 12.6 Å². The summed E-state index contributed by atoms with van der Waals surface area (Å²) in [4.78, 5) is 9.97. The van der Waals surface area contributed by atoms with Gasteiger partial charge in [0.05, 0.1) is 30.8 Å². The summed E-state index contributed by atoms with van der Waals surface area (Å²) in [6.45, 7) is 9.01. The lowest BCUT2D eigenvalue weighted by Gasteiger charge is -2.35. The summed E-state index contributed by atoms with van der Waals surface area (Å²) in [5.41, 5.74) is 3.15. The molecular weight excluding hydrogens is 405 g/mol. The van der Waals surface area contributed by atoms with E-state index in [2.05, 4.69) is 31.8 Å². The van der Waals surface area contributed by atoms with E-state index < -0.39 is 0 Å². The Balaban J connectivity index is 1.22. The Bertz CT molecular complexity index is 1010. The van der Waals surface area contributed by atoms with E-state index in [1.54, 1.807) is 0 Å². The minimum Gasteiger partial charge on any atom is -0.379 e. The van der Waals surface area contributed by atoms with Crippen LogP contribution in [0, 0.1) is 5.82 Å². The number of piperidine rings is 1. The zero-order valence-corrected chi connectivity index (χ0v) is 18.5. The first-order valence-corrected chi connectivity index (χ1v) is 11.7. The van der Waals surface area contributed by atoms with Gasteiger partial charge in [-0.1, -0.05) is 24.3 Å². The van der Waals surface area contributed by atoms with Crippen LogP contribution in [0.15, 0.2) is 48.5 Å². The van der Waals surface area contributed by atoms with E-state index >= 15 is 0 Å². The molecule has 5 rings (SSSR count). The Morgan fingerprint density at radius 3 is 2.34 bits per heavy atom. The number of benzene rings is 2. The number of fused-ring (bicyclic) bond motifs is 1. The number of hydrogen-bond donors (Lipinski definition) is 1. The molecule has 1 aromatic heterocycles. The van der Waals surface area contributed by atoms with Gasteiger partial charge in [-0.25, -0.2) is 9.37 Å². The molecule has 2 aliphatic rings. The number of anilines is 1. The van der Waals surface area contributed by atoms with Crippen molar-refractivity contribution in [3.63, 3.8) is 0 Å². The molecule has 0 spiro atoms. The van der Waals surface area contributed by atoms with Crippen LogP contribution in [-0.4, -0.2) is 77.9 Å². The van der Waals surface area contributed by atoms with Crippen molar-refractivity contribution < 1.29 is 9.13 Å². The first kappa shape index (κ1) is 21.4. The molecule has 0 atom stereocenters. The van der Waals surface area contributed by atoms with Gasteiger partial charge in [0.25, 0.3) is 0 Å². The summed E-state index contributed by atoms with van der Waals surface area (Å²) in [5, 5.41) is 3.72. The number of para-hydroxylation sites is 2. The first-order chi connectivity index (χ1) is 15.7. The summed E-state index contributed by atoms with van der Waals surface area (Å²) in [6.07, 6.45) is 2.23. The number of ether oxygens (including phenoxy) is 1. The molecule has 0 unspecified atom stereocenters. The zero-order chi connectivity index (χ0) is 21.8. The second-order valence-corrected chi connectivity index (χ2v) is 8.85. The molecular formula is C25H32FN5O. The smallest absolute Gasteiger partial charge is 0.204 e. The van der Waals surface area contributed by atoms with Gasteiger partial charge in [0.1, 0.15) is 5.82 Å². The third-order valence-corrected chi connectivity index (χ3v) is 6.67. The lowest BCUT2D eigenvalue weighted by molar-refractivity contribution is 0.0322. The average Bonchev–Trinajstić information content (AvgIpc) is 3.17. The molecule has 0 amide bonds. The number of aromatic nitrogens is 2. The normalized spacial score (nSPS) is 18.9. The highest BCUT2D eigenvalue weighted by Gasteiger charge is 2.22. The predicted octanol–water partition coefficient (Wildman–Crippen LogP) is 3.43. The van der Waals surface area contributed by atoms with Gasteiger partial charge in [-0.2, -0.15) is 0 Å². The topological polar surface area (TPSA) is 45.6 Å². The largest absolute Gasteiger partial charge is 0.379 e. The molecule has 0 saturated carbocycles. The highest BCUT2D eigenvalue weighted by Crippen LogP contribution is 2.24. The molecule has 1 N–H and O–H groups in total. The molecule has 2 fully saturated rings. The summed E-state index contributed by atoms with van der Waals surface area (Å²) in [5.74, 6) is 0.699. The van der Waals surface area contributed by atoms with Crippen molar-refractivity contribution in [3.05, 3.63) is 59.9 Å². The number of imidazole rings is 1. The number of nitrogens with zero attached hydrogens (tertiary/aromatic N) is 4. The summed E-state index contributed by atoms with van der Waals surface area (Å²) < 4.78 is 21.0. The number of rotatable bonds is 7. The standard InChI is InChI=1S/C25H32FN5O/c26-21-7-5-20(6-8-21)19-31-24-4-2-1-3-23(24)28-25(31)27-22-9-11-29(12-10-22)13-14-30-15-17-32-18-16-30/h1-8,22H,9-19H2,(H,27,28). The minimum absolute atomic E-state index is 0.206. The maximum Gasteiger partial charge on any atom is 0.204 e. The Kier molecular flexibility index (Phi) is 6.67. The maximum absolute atomic E-state index is 13.4. The van der Waals surface area contributed by atoms with Gasteiger partial charge in [-0.3, -0.25) is 4.90 Å². The Labute approximate surface area is 189 Å². The van der Waals surface area contributed by atoms with Crippen molar-refractivity contribution in [1.82, 2.24) is 19.4 Å². The maximum atomic E-state index is 13.4. The van der Waals surface area contributed by atoms with E-state index in [0.717, 1.165) is 87.9 Å². The minimum atomic E-state index is -0.206. The Morgan fingerprint density at radius 2 is 1.59 bits per heavy atom. The average molecular weight is 438 g/mol. The molecule has 7 heteroatoms. The van der Waals surface area contributed by atoms with Crippen LogP contribution in [0.5, 0.6) is 0 Å². The van der Waals surface area contributed by atoms with E-state index in [-0.39, 0.29) is 5.82 Å². The fourth-order valence-electron chi connectivity index (χ4n) is 4.71. The molecule has 3 aromatic rings. The number of hydrogen-bond acceptors (Lipinski definition) is 5. The van der Waals surface area contributed by atoms with Crippen LogP contribution in [0.2, 0.25) is 0 Å². The highest BCUT2D eigenvalue weighted by atomic mass is 19.1. The van der Waals surface area contributed by atoms with Crippen LogP contribution in [-0.2, 0) is 11.3 Å². The van der Waals surface area contributed by atoms with Crippen molar-refractivity contribution in [3.8, 4) is 0 Å². The van der Waals surface area contributed by atoms with Crippen molar-refractivity contribution in [1.29, 1.82) is 0 Å². The van der Waals surface area contributed by atoms with Crippen molar-refractivity contribution in [2.75, 3.05) is 57.8 Å². The summed E-state index contributed by atoms with van der Waals surface area (Å²) in [7, 11) is 0. The van der Waals surface area contributed by atoms with Gasteiger partial charge >= 0.3 is 0 Å². The second kappa shape index (κ2) is 9.98. The highest BCUT2D eigenvalue weighted by molar-refractivity contribution is 5.78. The van der Waals surface area contributed by atoms with Gasteiger partial charge in [-0.05, 0) is 42.7 Å². The number of nitrogens with one attached hydrogen (secondary N) is 1. The molecule has 2 aliphatic heterocycles. The van der Waals surface area contributed by atoms with Crippen LogP contribution in [0.1, 0.15) is 18.4 Å². The zero-order valence-electron chi connectivity index (χ0n) is 18.5.